The third-order valence-corrected chi connectivity index (χ3v) is 0. The molecule has 0 aromatic rings. The van der Waals surface area contributed by atoms with E-state index in [9.17, 15) is 0 Å². The van der Waals surface area contributed by atoms with Crippen LogP contribution in [0.3, 0.4) is 0 Å². The summed E-state index contributed by atoms with van der Waals surface area (Å²) in [5.74, 6) is 0. The first-order chi connectivity index (χ1) is 0. The van der Waals surface area contributed by atoms with Gasteiger partial charge in [-0.2, -0.15) is 0 Å². The fourth-order valence-corrected chi connectivity index (χ4v) is 0. The summed E-state index contributed by atoms with van der Waals surface area (Å²) < 4.78 is 0. The van der Waals surface area contributed by atoms with Gasteiger partial charge in [-0.15, -0.1) is 0 Å². The van der Waals surface area contributed by atoms with Crippen molar-refractivity contribution >= 4 is 0 Å². The Balaban J connectivity index is 0. The number of hydrogen-bond donors (Lipinski definition) is 0. The van der Waals surface area contributed by atoms with E-state index in [1.807, 2.05) is 0 Å². The Hall–Kier alpha value is 2.14. The van der Waals surface area contributed by atoms with Gasteiger partial charge in [0.2, 0.25) is 0 Å². The molecule has 0 atom stereocenters. The second kappa shape index (κ2) is 35.4. The molecule has 0 rings (SSSR count). The predicted octanol–water partition coefficient (Wildman–Crippen LogP) is -9.82. The quantitative estimate of drug-likeness (QED) is 0.326. The van der Waals surface area contributed by atoms with E-state index in [0.717, 1.165) is 0 Å². The standard InChI is InChI=1S/Au.3BrH.H2O/h;3*1H;1H2/q+3;;;;/p-3. The molecule has 5 heteroatoms. The van der Waals surface area contributed by atoms with Gasteiger partial charge >= 0.3 is 22.4 Å². The molecule has 1 nitrogen and oxygen atoms in total. The van der Waals surface area contributed by atoms with Gasteiger partial charge in [0, 0.05) is 0 Å². The summed E-state index contributed by atoms with van der Waals surface area (Å²) in [6.07, 6.45) is 0. The minimum atomic E-state index is 0. The van der Waals surface area contributed by atoms with Gasteiger partial charge in [0.25, 0.3) is 0 Å². The van der Waals surface area contributed by atoms with E-state index in [-0.39, 0.29) is 78.8 Å². The number of rotatable bonds is 0. The van der Waals surface area contributed by atoms with Gasteiger partial charge in [-0.1, -0.05) is 0 Å². The molecule has 0 saturated carbocycles. The Morgan fingerprint density at radius 2 is 0.600 bits per heavy atom. The molecule has 0 unspecified atom stereocenters. The SMILES string of the molecule is O.[Au+3].[Br-].[Br-].[Br-]. The first-order valence-electron chi connectivity index (χ1n) is 0. The summed E-state index contributed by atoms with van der Waals surface area (Å²) in [4.78, 5) is 0. The van der Waals surface area contributed by atoms with Gasteiger partial charge in [0.15, 0.2) is 0 Å². The van der Waals surface area contributed by atoms with Gasteiger partial charge in [0.1, 0.15) is 0 Å². The molecule has 0 fully saturated rings. The molecule has 2 N–H and O–H groups in total. The summed E-state index contributed by atoms with van der Waals surface area (Å²) in [6, 6.07) is 0. The van der Waals surface area contributed by atoms with Crippen LogP contribution in [0.2, 0.25) is 0 Å². The maximum absolute atomic E-state index is 0. The molecule has 0 radical (unpaired) electrons. The average molecular weight is 455 g/mol. The van der Waals surface area contributed by atoms with Crippen LogP contribution in [-0.4, -0.2) is 5.48 Å². The minimum absolute atomic E-state index is 0. The Morgan fingerprint density at radius 1 is 0.600 bits per heavy atom. The third-order valence-electron chi connectivity index (χ3n) is 0. The number of hydrogen-bond acceptors (Lipinski definition) is 0. The topological polar surface area (TPSA) is 31.5 Å². The number of halogens is 3. The Bertz CT molecular complexity index is 6.85. The van der Waals surface area contributed by atoms with Gasteiger partial charge in [-0.25, -0.2) is 0 Å². The zero-order valence-corrected chi connectivity index (χ0v) is 8.86. The molecule has 0 heterocycles. The third kappa shape index (κ3) is 23.0. The smallest absolute Gasteiger partial charge is 1.00 e. The Kier molecular flexibility index (Phi) is 416. The van der Waals surface area contributed by atoms with Crippen LogP contribution in [0.15, 0.2) is 0 Å². The Morgan fingerprint density at radius 3 is 0.600 bits per heavy atom. The largest absolute Gasteiger partial charge is 3.00 e. The zero-order valence-electron chi connectivity index (χ0n) is 1.94. The Labute approximate surface area is 78.0 Å². The van der Waals surface area contributed by atoms with Crippen molar-refractivity contribution in [2.75, 3.05) is 0 Å². The summed E-state index contributed by atoms with van der Waals surface area (Å²) in [6.45, 7) is 0. The van der Waals surface area contributed by atoms with E-state index in [2.05, 4.69) is 0 Å². The molecule has 0 bridgehead atoms. The zero-order chi connectivity index (χ0) is 0. The van der Waals surface area contributed by atoms with E-state index < -0.39 is 0 Å². The molecule has 0 spiro atoms. The maximum atomic E-state index is 0. The molecule has 5 heavy (non-hydrogen) atoms. The van der Waals surface area contributed by atoms with E-state index >= 15 is 0 Å². The van der Waals surface area contributed by atoms with Crippen molar-refractivity contribution in [3.8, 4) is 0 Å². The normalized spacial score (nSPS) is 0. The summed E-state index contributed by atoms with van der Waals surface area (Å²) >= 11 is 0. The second-order valence-electron chi connectivity index (χ2n) is 0. The van der Waals surface area contributed by atoms with E-state index in [1.165, 1.54) is 0 Å². The monoisotopic (exact) mass is 452 g/mol. The van der Waals surface area contributed by atoms with Crippen LogP contribution in [0.25, 0.3) is 0 Å². The van der Waals surface area contributed by atoms with Crippen LogP contribution in [0, 0.1) is 0 Å². The molecule has 0 amide bonds. The van der Waals surface area contributed by atoms with Crippen molar-refractivity contribution in [1.82, 2.24) is 0 Å². The van der Waals surface area contributed by atoms with Crippen LogP contribution in [0.5, 0.6) is 0 Å². The van der Waals surface area contributed by atoms with Crippen LogP contribution < -0.4 is 50.9 Å². The van der Waals surface area contributed by atoms with Crippen LogP contribution in [0.4, 0.5) is 0 Å². The molecule has 0 saturated heterocycles. The van der Waals surface area contributed by atoms with Crippen molar-refractivity contribution in [1.29, 1.82) is 0 Å². The second-order valence-corrected chi connectivity index (χ2v) is 0. The van der Waals surface area contributed by atoms with Crippen molar-refractivity contribution in [2.24, 2.45) is 0 Å². The van der Waals surface area contributed by atoms with Crippen LogP contribution in [0.1, 0.15) is 0 Å². The fraction of sp³-hybridized carbons (Fsp3) is 0. The molecule has 0 aromatic carbocycles. The van der Waals surface area contributed by atoms with Gasteiger partial charge in [0.05, 0.1) is 0 Å². The molecular weight excluding hydrogens is 453 g/mol. The first kappa shape index (κ1) is 58.8. The molecule has 0 aliphatic heterocycles. The van der Waals surface area contributed by atoms with E-state index in [1.54, 1.807) is 0 Å². The fourth-order valence-electron chi connectivity index (χ4n) is 0. The van der Waals surface area contributed by atoms with E-state index in [4.69, 9.17) is 0 Å². The predicted molar refractivity (Wildman–Crippen MR) is 3.61 cm³/mol. The molecule has 0 aliphatic carbocycles. The summed E-state index contributed by atoms with van der Waals surface area (Å²) in [5, 5.41) is 0. The van der Waals surface area contributed by atoms with Crippen LogP contribution >= 0.6 is 0 Å². The van der Waals surface area contributed by atoms with Crippen molar-refractivity contribution in [2.45, 2.75) is 0 Å². The average Bonchev–Trinajstić information content (AvgIpc) is 0. The molecule has 0 aliphatic rings. The van der Waals surface area contributed by atoms with Crippen molar-refractivity contribution in [3.63, 3.8) is 0 Å². The summed E-state index contributed by atoms with van der Waals surface area (Å²) in [7, 11) is 0. The van der Waals surface area contributed by atoms with Gasteiger partial charge in [-0.05, 0) is 0 Å². The maximum Gasteiger partial charge on any atom is 3.00 e. The van der Waals surface area contributed by atoms with Gasteiger partial charge < -0.3 is 56.4 Å². The summed E-state index contributed by atoms with van der Waals surface area (Å²) in [5.41, 5.74) is 0. The molecule has 0 aromatic heterocycles. The minimum Gasteiger partial charge on any atom is -1.00 e. The molecule has 40 valence electrons. The van der Waals surface area contributed by atoms with E-state index in [0.29, 0.717) is 0 Å². The van der Waals surface area contributed by atoms with Gasteiger partial charge in [-0.3, -0.25) is 0 Å². The van der Waals surface area contributed by atoms with Crippen molar-refractivity contribution < 1.29 is 78.8 Å². The first-order valence-corrected chi connectivity index (χ1v) is 0. The van der Waals surface area contributed by atoms with Crippen molar-refractivity contribution in [3.05, 3.63) is 0 Å². The molecular formula is H2AuBr3O. The van der Waals surface area contributed by atoms with Crippen LogP contribution in [-0.2, 0) is 22.4 Å².